The van der Waals surface area contributed by atoms with E-state index < -0.39 is 20.6 Å². The van der Waals surface area contributed by atoms with E-state index in [9.17, 15) is 13.2 Å². The van der Waals surface area contributed by atoms with Gasteiger partial charge in [-0.1, -0.05) is 22.0 Å². The van der Waals surface area contributed by atoms with E-state index in [-0.39, 0.29) is 4.90 Å². The largest absolute Gasteiger partial charge is 0.480 e. The van der Waals surface area contributed by atoms with Crippen molar-refractivity contribution in [3.05, 3.63) is 28.7 Å². The number of carboxylic acid groups (broad SMARTS) is 1. The number of aliphatic carboxylic acids is 1. The molecule has 0 saturated carbocycles. The average Bonchev–Trinajstić information content (AvgIpc) is 2.17. The fraction of sp³-hybridized carbons (Fsp3) is 0.300. The first kappa shape index (κ1) is 13.2. The van der Waals surface area contributed by atoms with Crippen LogP contribution in [0.25, 0.3) is 0 Å². The van der Waals surface area contributed by atoms with E-state index in [1.807, 2.05) is 0 Å². The van der Waals surface area contributed by atoms with Gasteiger partial charge >= 0.3 is 5.97 Å². The zero-order valence-electron chi connectivity index (χ0n) is 8.77. The van der Waals surface area contributed by atoms with Crippen LogP contribution in [0.1, 0.15) is 13.8 Å². The minimum absolute atomic E-state index is 0.00530. The van der Waals surface area contributed by atoms with E-state index in [4.69, 9.17) is 5.11 Å². The molecule has 4 nitrogen and oxygen atoms in total. The predicted molar refractivity (Wildman–Crippen MR) is 63.0 cm³/mol. The molecule has 1 aromatic carbocycles. The van der Waals surface area contributed by atoms with Crippen LogP contribution in [0.15, 0.2) is 33.6 Å². The van der Waals surface area contributed by atoms with Crippen LogP contribution < -0.4 is 0 Å². The molecule has 6 heteroatoms. The molecule has 88 valence electrons. The van der Waals surface area contributed by atoms with Gasteiger partial charge in [-0.3, -0.25) is 4.79 Å². The number of benzene rings is 1. The fourth-order valence-corrected chi connectivity index (χ4v) is 2.95. The molecule has 0 radical (unpaired) electrons. The number of sulfone groups is 1. The molecule has 0 aliphatic carbocycles. The number of hydrogen-bond donors (Lipinski definition) is 1. The van der Waals surface area contributed by atoms with Gasteiger partial charge in [0, 0.05) is 4.47 Å². The Labute approximate surface area is 102 Å². The molecule has 1 rings (SSSR count). The molecule has 0 saturated heterocycles. The van der Waals surface area contributed by atoms with Crippen LogP contribution in [-0.2, 0) is 14.6 Å². The molecule has 0 fully saturated rings. The molecule has 0 atom stereocenters. The third kappa shape index (κ3) is 2.12. The fourth-order valence-electron chi connectivity index (χ4n) is 1.04. The van der Waals surface area contributed by atoms with Crippen molar-refractivity contribution in [2.24, 2.45) is 0 Å². The summed E-state index contributed by atoms with van der Waals surface area (Å²) in [6, 6.07) is 5.99. The van der Waals surface area contributed by atoms with Gasteiger partial charge in [-0.15, -0.1) is 0 Å². The van der Waals surface area contributed by atoms with Crippen LogP contribution in [0.4, 0.5) is 0 Å². The van der Waals surface area contributed by atoms with E-state index >= 15 is 0 Å². The second-order valence-corrected chi connectivity index (χ2v) is 7.19. The molecular weight excluding hydrogens is 296 g/mol. The lowest BCUT2D eigenvalue weighted by Gasteiger charge is -2.19. The summed E-state index contributed by atoms with van der Waals surface area (Å²) < 4.78 is 22.8. The lowest BCUT2D eigenvalue weighted by Crippen LogP contribution is -2.40. The molecule has 0 aliphatic rings. The zero-order chi connectivity index (χ0) is 12.6. The van der Waals surface area contributed by atoms with Crippen LogP contribution >= 0.6 is 15.9 Å². The lowest BCUT2D eigenvalue weighted by atomic mass is 10.2. The van der Waals surface area contributed by atoms with Crippen molar-refractivity contribution in [1.82, 2.24) is 0 Å². The molecule has 0 heterocycles. The minimum atomic E-state index is -3.89. The van der Waals surface area contributed by atoms with Gasteiger partial charge in [-0.2, -0.15) is 0 Å². The third-order valence-electron chi connectivity index (χ3n) is 2.29. The van der Waals surface area contributed by atoms with Crippen LogP contribution in [-0.4, -0.2) is 24.2 Å². The van der Waals surface area contributed by atoms with Crippen LogP contribution in [0, 0.1) is 0 Å². The van der Waals surface area contributed by atoms with Gasteiger partial charge in [0.25, 0.3) is 0 Å². The van der Waals surface area contributed by atoms with Crippen LogP contribution in [0.2, 0.25) is 0 Å². The Bertz CT molecular complexity index is 519. The van der Waals surface area contributed by atoms with Gasteiger partial charge in [0.05, 0.1) is 4.90 Å². The van der Waals surface area contributed by atoms with Crippen molar-refractivity contribution in [2.45, 2.75) is 23.5 Å². The van der Waals surface area contributed by atoms with Crippen LogP contribution in [0.5, 0.6) is 0 Å². The van der Waals surface area contributed by atoms with E-state index in [0.29, 0.717) is 4.47 Å². The minimum Gasteiger partial charge on any atom is -0.480 e. The molecule has 0 amide bonds. The second-order valence-electron chi connectivity index (χ2n) is 3.78. The zero-order valence-corrected chi connectivity index (χ0v) is 11.2. The van der Waals surface area contributed by atoms with E-state index in [0.717, 1.165) is 0 Å². The van der Waals surface area contributed by atoms with Crippen molar-refractivity contribution >= 4 is 31.7 Å². The van der Waals surface area contributed by atoms with Gasteiger partial charge < -0.3 is 5.11 Å². The topological polar surface area (TPSA) is 71.4 Å². The van der Waals surface area contributed by atoms with Gasteiger partial charge in [-0.25, -0.2) is 8.42 Å². The van der Waals surface area contributed by atoms with Crippen molar-refractivity contribution in [3.63, 3.8) is 0 Å². The Kier molecular flexibility index (Phi) is 3.44. The standard InChI is InChI=1S/C10H11BrO4S/c1-10(2,9(12)13)16(14,15)8-5-3-4-7(11)6-8/h3-6H,1-2H3,(H,12,13). The lowest BCUT2D eigenvalue weighted by molar-refractivity contribution is -0.139. The summed E-state index contributed by atoms with van der Waals surface area (Å²) in [5.74, 6) is -1.37. The molecule has 0 spiro atoms. The average molecular weight is 307 g/mol. The van der Waals surface area contributed by atoms with E-state index in [1.165, 1.54) is 26.0 Å². The van der Waals surface area contributed by atoms with E-state index in [1.54, 1.807) is 12.1 Å². The van der Waals surface area contributed by atoms with Gasteiger partial charge in [0.2, 0.25) is 0 Å². The molecule has 0 bridgehead atoms. The third-order valence-corrected chi connectivity index (χ3v) is 5.18. The highest BCUT2D eigenvalue weighted by Crippen LogP contribution is 2.27. The van der Waals surface area contributed by atoms with Crippen molar-refractivity contribution < 1.29 is 18.3 Å². The number of carboxylic acids is 1. The van der Waals surface area contributed by atoms with Gasteiger partial charge in [0.15, 0.2) is 14.6 Å². The molecule has 1 aromatic rings. The number of carbonyl (C=O) groups is 1. The summed E-state index contributed by atoms with van der Waals surface area (Å²) in [5, 5.41) is 8.92. The second kappa shape index (κ2) is 4.18. The highest BCUT2D eigenvalue weighted by atomic mass is 79.9. The first-order chi connectivity index (χ1) is 7.19. The molecule has 1 N–H and O–H groups in total. The van der Waals surface area contributed by atoms with Gasteiger partial charge in [-0.05, 0) is 32.0 Å². The summed E-state index contributed by atoms with van der Waals surface area (Å²) in [6.07, 6.45) is 0. The smallest absolute Gasteiger partial charge is 0.324 e. The molecule has 0 aromatic heterocycles. The first-order valence-corrected chi connectivity index (χ1v) is 6.71. The summed E-state index contributed by atoms with van der Waals surface area (Å²) in [7, 11) is -3.89. The summed E-state index contributed by atoms with van der Waals surface area (Å²) >= 11 is 3.15. The molecule has 0 aliphatic heterocycles. The maximum atomic E-state index is 12.0. The Morgan fingerprint density at radius 2 is 1.94 bits per heavy atom. The Balaban J connectivity index is 3.39. The summed E-state index contributed by atoms with van der Waals surface area (Å²) in [6.45, 7) is 2.34. The summed E-state index contributed by atoms with van der Waals surface area (Å²) in [5.41, 5.74) is 0. The molecule has 16 heavy (non-hydrogen) atoms. The van der Waals surface area contributed by atoms with Crippen molar-refractivity contribution in [1.29, 1.82) is 0 Å². The predicted octanol–water partition coefficient (Wildman–Crippen LogP) is 2.09. The van der Waals surface area contributed by atoms with E-state index in [2.05, 4.69) is 15.9 Å². The number of rotatable bonds is 3. The highest BCUT2D eigenvalue weighted by Gasteiger charge is 2.42. The monoisotopic (exact) mass is 306 g/mol. The maximum absolute atomic E-state index is 12.0. The Morgan fingerprint density at radius 3 is 2.38 bits per heavy atom. The van der Waals surface area contributed by atoms with Crippen LogP contribution in [0.3, 0.4) is 0 Å². The number of hydrogen-bond acceptors (Lipinski definition) is 3. The quantitative estimate of drug-likeness (QED) is 0.928. The molecular formula is C10H11BrO4S. The Morgan fingerprint density at radius 1 is 1.38 bits per heavy atom. The summed E-state index contributed by atoms with van der Waals surface area (Å²) in [4.78, 5) is 10.9. The maximum Gasteiger partial charge on any atom is 0.324 e. The first-order valence-electron chi connectivity index (χ1n) is 4.43. The Hall–Kier alpha value is -0.880. The van der Waals surface area contributed by atoms with Crippen molar-refractivity contribution in [3.8, 4) is 0 Å². The van der Waals surface area contributed by atoms with Gasteiger partial charge in [0.1, 0.15) is 0 Å². The molecule has 0 unspecified atom stereocenters. The highest BCUT2D eigenvalue weighted by molar-refractivity contribution is 9.10. The van der Waals surface area contributed by atoms with Crippen molar-refractivity contribution in [2.75, 3.05) is 0 Å². The SMILES string of the molecule is CC(C)(C(=O)O)S(=O)(=O)c1cccc(Br)c1. The number of halogens is 1. The normalized spacial score (nSPS) is 12.4.